The van der Waals surface area contributed by atoms with E-state index in [2.05, 4.69) is 0 Å². The van der Waals surface area contributed by atoms with Gasteiger partial charge >= 0.3 is 0 Å². The molecular weight excluding hydrogens is 294 g/mol. The van der Waals surface area contributed by atoms with Crippen molar-refractivity contribution in [2.75, 3.05) is 27.3 Å². The van der Waals surface area contributed by atoms with Crippen LogP contribution in [0.1, 0.15) is 36.7 Å². The van der Waals surface area contributed by atoms with Gasteiger partial charge in [-0.2, -0.15) is 0 Å². The van der Waals surface area contributed by atoms with E-state index in [9.17, 15) is 4.79 Å². The van der Waals surface area contributed by atoms with E-state index in [4.69, 9.17) is 14.2 Å². The second-order valence-electron chi connectivity index (χ2n) is 5.77. The molecule has 0 aromatic heterocycles. The molecule has 1 saturated heterocycles. The monoisotopic (exact) mass is 319 g/mol. The summed E-state index contributed by atoms with van der Waals surface area (Å²) in [4.78, 5) is 14.7. The summed E-state index contributed by atoms with van der Waals surface area (Å²) in [5.41, 5.74) is 1.42. The maximum Gasteiger partial charge on any atom is 0.254 e. The number of morpholine rings is 1. The zero-order valence-electron chi connectivity index (χ0n) is 14.5. The van der Waals surface area contributed by atoms with Gasteiger partial charge in [0.1, 0.15) is 0 Å². The molecule has 1 heterocycles. The highest BCUT2D eigenvalue weighted by atomic mass is 16.5. The van der Waals surface area contributed by atoms with Crippen LogP contribution in [0.3, 0.4) is 0 Å². The molecule has 1 aliphatic rings. The van der Waals surface area contributed by atoms with Crippen molar-refractivity contribution in [3.8, 4) is 11.5 Å². The maximum atomic E-state index is 12.9. The van der Waals surface area contributed by atoms with Crippen LogP contribution in [-0.2, 0) is 4.74 Å². The summed E-state index contributed by atoms with van der Waals surface area (Å²) in [5.74, 6) is 1.17. The number of allylic oxidation sites excluding steroid dienone is 1. The molecule has 0 aliphatic carbocycles. The van der Waals surface area contributed by atoms with Gasteiger partial charge in [0.15, 0.2) is 11.5 Å². The van der Waals surface area contributed by atoms with E-state index in [1.165, 1.54) is 0 Å². The van der Waals surface area contributed by atoms with Crippen LogP contribution in [0.25, 0.3) is 6.08 Å². The number of carbonyl (C=O) groups excluding carboxylic acids is 1. The third-order valence-corrected chi connectivity index (χ3v) is 3.81. The third kappa shape index (κ3) is 3.85. The number of rotatable bonds is 4. The van der Waals surface area contributed by atoms with Crippen LogP contribution in [0.2, 0.25) is 0 Å². The topological polar surface area (TPSA) is 48.0 Å². The fourth-order valence-electron chi connectivity index (χ4n) is 2.95. The smallest absolute Gasteiger partial charge is 0.254 e. The Hall–Kier alpha value is -2.01. The lowest BCUT2D eigenvalue weighted by Gasteiger charge is -2.35. The summed E-state index contributed by atoms with van der Waals surface area (Å²) in [7, 11) is 3.17. The SMILES string of the molecule is C/C=C/c1cc(C(=O)N2CC(C)OC(C)C2)cc(OC)c1OC. The molecule has 1 amide bonds. The number of benzene rings is 1. The lowest BCUT2D eigenvalue weighted by Crippen LogP contribution is -2.48. The van der Waals surface area contributed by atoms with E-state index < -0.39 is 0 Å². The number of carbonyl (C=O) groups is 1. The highest BCUT2D eigenvalue weighted by Crippen LogP contribution is 2.34. The number of hydrogen-bond donors (Lipinski definition) is 0. The molecule has 23 heavy (non-hydrogen) atoms. The molecule has 0 N–H and O–H groups in total. The Kier molecular flexibility index (Phi) is 5.66. The van der Waals surface area contributed by atoms with Crippen molar-refractivity contribution in [3.05, 3.63) is 29.3 Å². The average molecular weight is 319 g/mol. The van der Waals surface area contributed by atoms with E-state index in [0.717, 1.165) is 5.56 Å². The zero-order valence-corrected chi connectivity index (χ0v) is 14.5. The van der Waals surface area contributed by atoms with Gasteiger partial charge in [0.05, 0.1) is 26.4 Å². The van der Waals surface area contributed by atoms with Gasteiger partial charge in [0.25, 0.3) is 5.91 Å². The van der Waals surface area contributed by atoms with Crippen molar-refractivity contribution in [2.24, 2.45) is 0 Å². The largest absolute Gasteiger partial charge is 0.493 e. The first-order chi connectivity index (χ1) is 11.0. The van der Waals surface area contributed by atoms with Gasteiger partial charge in [-0.1, -0.05) is 12.2 Å². The minimum absolute atomic E-state index is 0.0151. The maximum absolute atomic E-state index is 12.9. The Morgan fingerprint density at radius 2 is 1.87 bits per heavy atom. The Labute approximate surface area is 137 Å². The van der Waals surface area contributed by atoms with E-state index in [1.54, 1.807) is 20.3 Å². The van der Waals surface area contributed by atoms with E-state index in [-0.39, 0.29) is 18.1 Å². The van der Waals surface area contributed by atoms with Crippen LogP contribution in [0.5, 0.6) is 11.5 Å². The molecule has 126 valence electrons. The summed E-state index contributed by atoms with van der Waals surface area (Å²) in [5, 5.41) is 0. The fraction of sp³-hybridized carbons (Fsp3) is 0.500. The minimum atomic E-state index is -0.0151. The number of methoxy groups -OCH3 is 2. The van der Waals surface area contributed by atoms with Crippen molar-refractivity contribution < 1.29 is 19.0 Å². The molecular formula is C18H25NO4. The van der Waals surface area contributed by atoms with Crippen LogP contribution in [-0.4, -0.2) is 50.3 Å². The number of hydrogen-bond acceptors (Lipinski definition) is 4. The Morgan fingerprint density at radius 3 is 2.39 bits per heavy atom. The molecule has 0 saturated carbocycles. The lowest BCUT2D eigenvalue weighted by atomic mass is 10.1. The standard InChI is InChI=1S/C18H25NO4/c1-6-7-14-8-15(9-16(21-4)17(14)22-5)18(20)19-10-12(2)23-13(3)11-19/h6-9,12-13H,10-11H2,1-5H3/b7-6+. The molecule has 1 aliphatic heterocycles. The van der Waals surface area contributed by atoms with Crippen LogP contribution in [0.4, 0.5) is 0 Å². The van der Waals surface area contributed by atoms with Crippen LogP contribution < -0.4 is 9.47 Å². The number of ether oxygens (including phenoxy) is 3. The van der Waals surface area contributed by atoms with E-state index >= 15 is 0 Å². The van der Waals surface area contributed by atoms with E-state index in [1.807, 2.05) is 43.9 Å². The van der Waals surface area contributed by atoms with Crippen LogP contribution in [0.15, 0.2) is 18.2 Å². The van der Waals surface area contributed by atoms with Gasteiger partial charge in [-0.05, 0) is 32.9 Å². The summed E-state index contributed by atoms with van der Waals surface area (Å²) in [6, 6.07) is 3.58. The van der Waals surface area contributed by atoms with Crippen molar-refractivity contribution in [3.63, 3.8) is 0 Å². The molecule has 2 unspecified atom stereocenters. The highest BCUT2D eigenvalue weighted by Gasteiger charge is 2.27. The third-order valence-electron chi connectivity index (χ3n) is 3.81. The first-order valence-corrected chi connectivity index (χ1v) is 7.83. The predicted octanol–water partition coefficient (Wildman–Crippen LogP) is 2.99. The molecule has 1 aromatic carbocycles. The summed E-state index contributed by atoms with van der Waals surface area (Å²) >= 11 is 0. The van der Waals surface area contributed by atoms with Crippen molar-refractivity contribution >= 4 is 12.0 Å². The van der Waals surface area contributed by atoms with Gasteiger partial charge in [-0.15, -0.1) is 0 Å². The Balaban J connectivity index is 2.38. The van der Waals surface area contributed by atoms with Gasteiger partial charge in [0, 0.05) is 24.2 Å². The van der Waals surface area contributed by atoms with E-state index in [0.29, 0.717) is 30.2 Å². The molecule has 5 heteroatoms. The molecule has 0 radical (unpaired) electrons. The molecule has 2 rings (SSSR count). The normalized spacial score (nSPS) is 21.5. The summed E-state index contributed by atoms with van der Waals surface area (Å²) < 4.78 is 16.5. The van der Waals surface area contributed by atoms with Gasteiger partial charge < -0.3 is 19.1 Å². The van der Waals surface area contributed by atoms with Crippen molar-refractivity contribution in [1.82, 2.24) is 4.90 Å². The second-order valence-corrected chi connectivity index (χ2v) is 5.77. The quantitative estimate of drug-likeness (QED) is 0.856. The minimum Gasteiger partial charge on any atom is -0.493 e. The zero-order chi connectivity index (χ0) is 17.0. The Morgan fingerprint density at radius 1 is 1.22 bits per heavy atom. The van der Waals surface area contributed by atoms with Gasteiger partial charge in [0.2, 0.25) is 0 Å². The summed E-state index contributed by atoms with van der Waals surface area (Å²) in [6.45, 7) is 7.07. The first kappa shape index (κ1) is 17.3. The van der Waals surface area contributed by atoms with Crippen molar-refractivity contribution in [2.45, 2.75) is 33.0 Å². The number of amides is 1. The first-order valence-electron chi connectivity index (χ1n) is 7.83. The predicted molar refractivity (Wildman–Crippen MR) is 90.2 cm³/mol. The number of nitrogens with zero attached hydrogens (tertiary/aromatic N) is 1. The fourth-order valence-corrected chi connectivity index (χ4v) is 2.95. The highest BCUT2D eigenvalue weighted by molar-refractivity contribution is 5.96. The van der Waals surface area contributed by atoms with Crippen LogP contribution >= 0.6 is 0 Å². The average Bonchev–Trinajstić information content (AvgIpc) is 2.52. The van der Waals surface area contributed by atoms with Gasteiger partial charge in [-0.25, -0.2) is 0 Å². The second kappa shape index (κ2) is 7.51. The summed E-state index contributed by atoms with van der Waals surface area (Å²) in [6.07, 6.45) is 3.89. The molecule has 5 nitrogen and oxygen atoms in total. The molecule has 1 aromatic rings. The van der Waals surface area contributed by atoms with Gasteiger partial charge in [-0.3, -0.25) is 4.79 Å². The Bertz CT molecular complexity index is 587. The molecule has 2 atom stereocenters. The van der Waals surface area contributed by atoms with Crippen LogP contribution in [0, 0.1) is 0 Å². The molecule has 1 fully saturated rings. The molecule has 0 spiro atoms. The lowest BCUT2D eigenvalue weighted by molar-refractivity contribution is -0.0586. The molecule has 0 bridgehead atoms. The van der Waals surface area contributed by atoms with Crippen molar-refractivity contribution in [1.29, 1.82) is 0 Å².